The Morgan fingerprint density at radius 1 is 1.10 bits per heavy atom. The molecule has 1 aliphatic heterocycles. The minimum atomic E-state index is -0.451. The van der Waals surface area contributed by atoms with Crippen LogP contribution in [-0.2, 0) is 16.1 Å². The average molecular weight is 404 g/mol. The molecule has 0 radical (unpaired) electrons. The van der Waals surface area contributed by atoms with Gasteiger partial charge in [-0.3, -0.25) is 9.69 Å². The molecule has 0 unspecified atom stereocenters. The molecule has 2 aromatic rings. The molecule has 1 N–H and O–H groups in total. The van der Waals surface area contributed by atoms with Gasteiger partial charge in [-0.1, -0.05) is 36.4 Å². The first-order valence-electron chi connectivity index (χ1n) is 9.71. The molecule has 2 aromatic carbocycles. The third kappa shape index (κ3) is 5.46. The van der Waals surface area contributed by atoms with Crippen LogP contribution in [0.4, 0.5) is 5.69 Å². The van der Waals surface area contributed by atoms with E-state index in [0.29, 0.717) is 24.3 Å². The Labute approximate surface area is 176 Å². The fourth-order valence-electron chi connectivity index (χ4n) is 3.27. The molecule has 154 valence electrons. The maximum atomic E-state index is 12.7. The Morgan fingerprint density at radius 2 is 1.83 bits per heavy atom. The van der Waals surface area contributed by atoms with Crippen LogP contribution in [-0.4, -0.2) is 55.0 Å². The zero-order chi connectivity index (χ0) is 21.3. The lowest BCUT2D eigenvalue weighted by Crippen LogP contribution is -2.48. The summed E-state index contributed by atoms with van der Waals surface area (Å²) in [5.74, 6) is -0.749. The topological polar surface area (TPSA) is 85.7 Å². The fraction of sp³-hybridized carbons (Fsp3) is 0.261. The fourth-order valence-corrected chi connectivity index (χ4v) is 3.27. The van der Waals surface area contributed by atoms with E-state index in [1.807, 2.05) is 24.3 Å². The van der Waals surface area contributed by atoms with Gasteiger partial charge in [-0.25, -0.2) is 4.79 Å². The number of methoxy groups -OCH3 is 1. The number of piperazine rings is 1. The van der Waals surface area contributed by atoms with Gasteiger partial charge < -0.3 is 15.0 Å². The lowest BCUT2D eigenvalue weighted by atomic mass is 10.2. The van der Waals surface area contributed by atoms with Crippen LogP contribution in [0.2, 0.25) is 0 Å². The number of hydrogen-bond acceptors (Lipinski definition) is 6. The van der Waals surface area contributed by atoms with Gasteiger partial charge in [0.15, 0.2) is 0 Å². The lowest BCUT2D eigenvalue weighted by molar-refractivity contribution is -0.128. The summed E-state index contributed by atoms with van der Waals surface area (Å²) in [6.07, 6.45) is 1.38. The minimum Gasteiger partial charge on any atom is -0.465 e. The van der Waals surface area contributed by atoms with Gasteiger partial charge in [0.25, 0.3) is 5.91 Å². The first kappa shape index (κ1) is 21.1. The Morgan fingerprint density at radius 3 is 2.50 bits per heavy atom. The van der Waals surface area contributed by atoms with Crippen molar-refractivity contribution in [1.82, 2.24) is 9.80 Å². The Balaban J connectivity index is 1.57. The molecule has 1 heterocycles. The third-order valence-corrected chi connectivity index (χ3v) is 4.93. The number of carbonyl (C=O) groups is 2. The molecule has 3 rings (SSSR count). The SMILES string of the molecule is COC(=O)c1cccc(N/C=C(/C#N)C(=O)N2CCN(Cc3ccccc3)CC2)c1. The maximum absolute atomic E-state index is 12.7. The minimum absolute atomic E-state index is 0.0231. The summed E-state index contributed by atoms with van der Waals surface area (Å²) >= 11 is 0. The van der Waals surface area contributed by atoms with Crippen molar-refractivity contribution in [3.63, 3.8) is 0 Å². The molecule has 0 spiro atoms. The molecule has 1 aliphatic rings. The average Bonchev–Trinajstić information content (AvgIpc) is 2.80. The first-order valence-corrected chi connectivity index (χ1v) is 9.71. The normalized spacial score (nSPS) is 14.7. The molecule has 30 heavy (non-hydrogen) atoms. The second-order valence-electron chi connectivity index (χ2n) is 6.94. The predicted molar refractivity (Wildman–Crippen MR) is 113 cm³/mol. The number of hydrogen-bond donors (Lipinski definition) is 1. The second-order valence-corrected chi connectivity index (χ2v) is 6.94. The van der Waals surface area contributed by atoms with E-state index in [0.717, 1.165) is 19.6 Å². The smallest absolute Gasteiger partial charge is 0.337 e. The van der Waals surface area contributed by atoms with Gasteiger partial charge in [-0.2, -0.15) is 5.26 Å². The molecule has 1 fully saturated rings. The van der Waals surface area contributed by atoms with E-state index in [1.54, 1.807) is 29.2 Å². The summed E-state index contributed by atoms with van der Waals surface area (Å²) in [6.45, 7) is 3.51. The van der Waals surface area contributed by atoms with Gasteiger partial charge in [0, 0.05) is 44.6 Å². The Kier molecular flexibility index (Phi) is 7.19. The summed E-state index contributed by atoms with van der Waals surface area (Å²) in [5.41, 5.74) is 2.24. The molecule has 0 saturated carbocycles. The number of nitrogens with one attached hydrogen (secondary N) is 1. The van der Waals surface area contributed by atoms with Crippen molar-refractivity contribution in [2.75, 3.05) is 38.6 Å². The predicted octanol–water partition coefficient (Wildman–Crippen LogP) is 2.64. The lowest BCUT2D eigenvalue weighted by Gasteiger charge is -2.34. The monoisotopic (exact) mass is 404 g/mol. The number of anilines is 1. The summed E-state index contributed by atoms with van der Waals surface area (Å²) in [4.78, 5) is 28.4. The highest BCUT2D eigenvalue weighted by Crippen LogP contribution is 2.14. The molecule has 7 nitrogen and oxygen atoms in total. The Bertz CT molecular complexity index is 958. The van der Waals surface area contributed by atoms with Gasteiger partial charge in [-0.05, 0) is 23.8 Å². The highest BCUT2D eigenvalue weighted by Gasteiger charge is 2.23. The number of amides is 1. The molecular formula is C23H24N4O3. The van der Waals surface area contributed by atoms with Crippen molar-refractivity contribution in [2.24, 2.45) is 0 Å². The number of rotatable bonds is 6. The molecule has 0 aliphatic carbocycles. The van der Waals surface area contributed by atoms with Gasteiger partial charge in [0.1, 0.15) is 11.6 Å². The number of ether oxygens (including phenoxy) is 1. The summed E-state index contributed by atoms with van der Waals surface area (Å²) < 4.78 is 4.70. The van der Waals surface area contributed by atoms with Crippen molar-refractivity contribution in [3.8, 4) is 6.07 Å². The van der Waals surface area contributed by atoms with Crippen LogP contribution in [0, 0.1) is 11.3 Å². The van der Waals surface area contributed by atoms with E-state index in [4.69, 9.17) is 4.74 Å². The molecule has 1 saturated heterocycles. The zero-order valence-electron chi connectivity index (χ0n) is 16.9. The van der Waals surface area contributed by atoms with E-state index in [9.17, 15) is 14.9 Å². The first-order chi connectivity index (χ1) is 14.6. The molecule has 7 heteroatoms. The van der Waals surface area contributed by atoms with E-state index >= 15 is 0 Å². The van der Waals surface area contributed by atoms with E-state index in [2.05, 4.69) is 22.3 Å². The van der Waals surface area contributed by atoms with Crippen LogP contribution < -0.4 is 5.32 Å². The molecule has 0 aromatic heterocycles. The van der Waals surface area contributed by atoms with Crippen LogP contribution in [0.5, 0.6) is 0 Å². The highest BCUT2D eigenvalue weighted by molar-refractivity contribution is 5.97. The van der Waals surface area contributed by atoms with Gasteiger partial charge in [-0.15, -0.1) is 0 Å². The molecule has 0 bridgehead atoms. The van der Waals surface area contributed by atoms with Crippen molar-refractivity contribution in [2.45, 2.75) is 6.54 Å². The Hall–Kier alpha value is -3.63. The number of esters is 1. The molecule has 1 amide bonds. The van der Waals surface area contributed by atoms with E-state index < -0.39 is 5.97 Å². The highest BCUT2D eigenvalue weighted by atomic mass is 16.5. The van der Waals surface area contributed by atoms with Crippen molar-refractivity contribution < 1.29 is 14.3 Å². The number of nitrogens with zero attached hydrogens (tertiary/aromatic N) is 3. The van der Waals surface area contributed by atoms with E-state index in [-0.39, 0.29) is 11.5 Å². The number of carbonyl (C=O) groups excluding carboxylic acids is 2. The third-order valence-electron chi connectivity index (χ3n) is 4.93. The summed E-state index contributed by atoms with van der Waals surface area (Å²) in [7, 11) is 1.31. The summed E-state index contributed by atoms with van der Waals surface area (Å²) in [6, 6.07) is 18.9. The van der Waals surface area contributed by atoms with Gasteiger partial charge >= 0.3 is 5.97 Å². The number of nitriles is 1. The van der Waals surface area contributed by atoms with Crippen molar-refractivity contribution >= 4 is 17.6 Å². The van der Waals surface area contributed by atoms with Gasteiger partial charge in [0.05, 0.1) is 12.7 Å². The molecule has 0 atom stereocenters. The van der Waals surface area contributed by atoms with Crippen LogP contribution in [0.3, 0.4) is 0 Å². The van der Waals surface area contributed by atoms with Crippen LogP contribution in [0.15, 0.2) is 66.4 Å². The van der Waals surface area contributed by atoms with Crippen LogP contribution >= 0.6 is 0 Å². The number of benzene rings is 2. The molecular weight excluding hydrogens is 380 g/mol. The van der Waals surface area contributed by atoms with Crippen LogP contribution in [0.1, 0.15) is 15.9 Å². The quantitative estimate of drug-likeness (QED) is 0.453. The largest absolute Gasteiger partial charge is 0.465 e. The van der Waals surface area contributed by atoms with Crippen LogP contribution in [0.25, 0.3) is 0 Å². The van der Waals surface area contributed by atoms with Gasteiger partial charge in [0.2, 0.25) is 0 Å². The zero-order valence-corrected chi connectivity index (χ0v) is 16.9. The standard InChI is InChI=1S/C23H24N4O3/c1-30-23(29)19-8-5-9-21(14-19)25-16-20(15-24)22(28)27-12-10-26(11-13-27)17-18-6-3-2-4-7-18/h2-9,14,16,25H,10-13,17H2,1H3/b20-16-. The van der Waals surface area contributed by atoms with Crippen molar-refractivity contribution in [1.29, 1.82) is 5.26 Å². The van der Waals surface area contributed by atoms with E-state index in [1.165, 1.54) is 18.9 Å². The summed E-state index contributed by atoms with van der Waals surface area (Å²) in [5, 5.41) is 12.4. The second kappa shape index (κ2) is 10.2. The maximum Gasteiger partial charge on any atom is 0.337 e. The van der Waals surface area contributed by atoms with Crippen molar-refractivity contribution in [3.05, 3.63) is 77.5 Å².